The van der Waals surface area contributed by atoms with Crippen LogP contribution in [0.15, 0.2) is 59.6 Å². The minimum absolute atomic E-state index is 0.0648. The summed E-state index contributed by atoms with van der Waals surface area (Å²) in [6.07, 6.45) is 0.126. The van der Waals surface area contributed by atoms with E-state index in [9.17, 15) is 9.59 Å². The van der Waals surface area contributed by atoms with E-state index in [0.717, 1.165) is 14.9 Å². The molecule has 0 aromatic heterocycles. The summed E-state index contributed by atoms with van der Waals surface area (Å²) in [5.74, 6) is -0.237. The van der Waals surface area contributed by atoms with E-state index < -0.39 is 5.25 Å². The standard InChI is InChI=1S/C19H18IN3O2S/c1-2-23-18(25)16(12-17(24)21-14-6-4-3-5-7-14)26-19(23)22-15-10-8-13(20)9-11-15/h3-11,16H,2,12H2,1H3,(H,21,24)/t16-/m1/s1. The summed E-state index contributed by atoms with van der Waals surface area (Å²) in [4.78, 5) is 31.1. The quantitative estimate of drug-likeness (QED) is 0.652. The Bertz CT molecular complexity index is 824. The molecule has 0 aliphatic carbocycles. The van der Waals surface area contributed by atoms with Gasteiger partial charge in [-0.2, -0.15) is 0 Å². The van der Waals surface area contributed by atoms with Crippen LogP contribution < -0.4 is 5.32 Å². The van der Waals surface area contributed by atoms with Gasteiger partial charge < -0.3 is 5.32 Å². The Morgan fingerprint density at radius 1 is 1.19 bits per heavy atom. The molecular formula is C19H18IN3O2S. The van der Waals surface area contributed by atoms with E-state index in [2.05, 4.69) is 32.9 Å². The van der Waals surface area contributed by atoms with Crippen LogP contribution in [-0.4, -0.2) is 33.7 Å². The Hall–Kier alpha value is -1.87. The molecule has 1 heterocycles. The molecule has 1 aliphatic rings. The zero-order valence-electron chi connectivity index (χ0n) is 14.2. The Morgan fingerprint density at radius 3 is 2.54 bits per heavy atom. The second-order valence-electron chi connectivity index (χ2n) is 5.68. The van der Waals surface area contributed by atoms with Gasteiger partial charge in [-0.1, -0.05) is 30.0 Å². The average Bonchev–Trinajstić information content (AvgIpc) is 2.92. The molecule has 7 heteroatoms. The number of para-hydroxylation sites is 1. The maximum atomic E-state index is 12.6. The van der Waals surface area contributed by atoms with Gasteiger partial charge in [0.05, 0.1) is 5.69 Å². The predicted octanol–water partition coefficient (Wildman–Crippen LogP) is 4.27. The summed E-state index contributed by atoms with van der Waals surface area (Å²) in [6.45, 7) is 2.44. The van der Waals surface area contributed by atoms with Crippen molar-refractivity contribution < 1.29 is 9.59 Å². The highest BCUT2D eigenvalue weighted by atomic mass is 127. The maximum absolute atomic E-state index is 12.6. The van der Waals surface area contributed by atoms with Crippen molar-refractivity contribution >= 4 is 62.7 Å². The number of anilines is 1. The van der Waals surface area contributed by atoms with E-state index in [0.29, 0.717) is 11.7 Å². The molecule has 26 heavy (non-hydrogen) atoms. The molecule has 0 saturated carbocycles. The molecule has 2 aromatic carbocycles. The number of carbonyl (C=O) groups excluding carboxylic acids is 2. The van der Waals surface area contributed by atoms with Crippen molar-refractivity contribution in [1.29, 1.82) is 0 Å². The zero-order chi connectivity index (χ0) is 18.5. The first kappa shape index (κ1) is 18.9. The minimum Gasteiger partial charge on any atom is -0.326 e. The number of amidine groups is 1. The van der Waals surface area contributed by atoms with E-state index in [-0.39, 0.29) is 18.2 Å². The highest BCUT2D eigenvalue weighted by molar-refractivity contribution is 14.1. The monoisotopic (exact) mass is 479 g/mol. The Morgan fingerprint density at radius 2 is 1.88 bits per heavy atom. The smallest absolute Gasteiger partial charge is 0.242 e. The zero-order valence-corrected chi connectivity index (χ0v) is 17.2. The fourth-order valence-corrected chi connectivity index (χ4v) is 4.13. The first-order valence-corrected chi connectivity index (χ1v) is 10.2. The molecule has 1 atom stereocenters. The number of nitrogens with one attached hydrogen (secondary N) is 1. The lowest BCUT2D eigenvalue weighted by Gasteiger charge is -2.13. The lowest BCUT2D eigenvalue weighted by Crippen LogP contribution is -2.33. The fraction of sp³-hybridized carbons (Fsp3) is 0.211. The second kappa shape index (κ2) is 8.68. The molecule has 0 spiro atoms. The first-order valence-electron chi connectivity index (χ1n) is 8.24. The number of nitrogens with zero attached hydrogens (tertiary/aromatic N) is 2. The van der Waals surface area contributed by atoms with E-state index in [4.69, 9.17) is 0 Å². The fourth-order valence-electron chi connectivity index (χ4n) is 2.54. The summed E-state index contributed by atoms with van der Waals surface area (Å²) < 4.78 is 1.13. The van der Waals surface area contributed by atoms with Crippen LogP contribution >= 0.6 is 34.4 Å². The van der Waals surface area contributed by atoms with Gasteiger partial charge in [0.1, 0.15) is 5.25 Å². The van der Waals surface area contributed by atoms with Gasteiger partial charge in [-0.05, 0) is 65.9 Å². The highest BCUT2D eigenvalue weighted by Gasteiger charge is 2.38. The summed E-state index contributed by atoms with van der Waals surface area (Å²) in [5, 5.41) is 3.04. The molecule has 2 amide bonds. The number of thioether (sulfide) groups is 1. The van der Waals surface area contributed by atoms with E-state index in [1.807, 2.05) is 61.5 Å². The van der Waals surface area contributed by atoms with Crippen LogP contribution in [0.25, 0.3) is 0 Å². The number of hydrogen-bond donors (Lipinski definition) is 1. The number of halogens is 1. The van der Waals surface area contributed by atoms with Crippen LogP contribution in [0.4, 0.5) is 11.4 Å². The van der Waals surface area contributed by atoms with Crippen LogP contribution in [-0.2, 0) is 9.59 Å². The van der Waals surface area contributed by atoms with Crippen LogP contribution in [0, 0.1) is 3.57 Å². The highest BCUT2D eigenvalue weighted by Crippen LogP contribution is 2.31. The van der Waals surface area contributed by atoms with Gasteiger partial charge >= 0.3 is 0 Å². The van der Waals surface area contributed by atoms with Crippen molar-refractivity contribution in [2.75, 3.05) is 11.9 Å². The van der Waals surface area contributed by atoms with E-state index >= 15 is 0 Å². The summed E-state index contributed by atoms with van der Waals surface area (Å²) in [7, 11) is 0. The van der Waals surface area contributed by atoms with Gasteiger partial charge in [-0.25, -0.2) is 4.99 Å². The molecule has 0 unspecified atom stereocenters. The van der Waals surface area contributed by atoms with Gasteiger partial charge in [0.15, 0.2) is 5.17 Å². The average molecular weight is 479 g/mol. The largest absolute Gasteiger partial charge is 0.326 e. The number of rotatable bonds is 5. The van der Waals surface area contributed by atoms with Gasteiger partial charge in [0, 0.05) is 22.2 Å². The maximum Gasteiger partial charge on any atom is 0.242 e. The Labute approximate surface area is 170 Å². The molecule has 1 N–H and O–H groups in total. The molecular weight excluding hydrogens is 461 g/mol. The van der Waals surface area contributed by atoms with Crippen LogP contribution in [0.3, 0.4) is 0 Å². The lowest BCUT2D eigenvalue weighted by molar-refractivity contribution is -0.128. The van der Waals surface area contributed by atoms with Crippen LogP contribution in [0.5, 0.6) is 0 Å². The number of aliphatic imine (C=N–C) groups is 1. The van der Waals surface area contributed by atoms with Gasteiger partial charge in [-0.15, -0.1) is 0 Å². The molecule has 0 bridgehead atoms. The topological polar surface area (TPSA) is 61.8 Å². The first-order chi connectivity index (χ1) is 12.6. The van der Waals surface area contributed by atoms with E-state index in [1.54, 1.807) is 4.90 Å². The Balaban J connectivity index is 1.70. The van der Waals surface area contributed by atoms with Gasteiger partial charge in [0.2, 0.25) is 11.8 Å². The summed E-state index contributed by atoms with van der Waals surface area (Å²) in [5.41, 5.74) is 1.53. The molecule has 0 radical (unpaired) electrons. The third-order valence-corrected chi connectivity index (χ3v) is 5.71. The number of carbonyl (C=O) groups is 2. The second-order valence-corrected chi connectivity index (χ2v) is 8.09. The van der Waals surface area contributed by atoms with Crippen molar-refractivity contribution in [1.82, 2.24) is 4.90 Å². The molecule has 2 aromatic rings. The van der Waals surface area contributed by atoms with Crippen molar-refractivity contribution in [3.05, 3.63) is 58.2 Å². The molecule has 1 fully saturated rings. The summed E-state index contributed by atoms with van der Waals surface area (Å²) >= 11 is 3.59. The number of hydrogen-bond acceptors (Lipinski definition) is 4. The lowest BCUT2D eigenvalue weighted by atomic mass is 10.2. The van der Waals surface area contributed by atoms with Crippen molar-refractivity contribution in [2.24, 2.45) is 4.99 Å². The Kier molecular flexibility index (Phi) is 6.31. The number of benzene rings is 2. The van der Waals surface area contributed by atoms with Crippen molar-refractivity contribution in [2.45, 2.75) is 18.6 Å². The normalized spacial score (nSPS) is 18.4. The predicted molar refractivity (Wildman–Crippen MR) is 115 cm³/mol. The van der Waals surface area contributed by atoms with Crippen molar-refractivity contribution in [3.63, 3.8) is 0 Å². The van der Waals surface area contributed by atoms with Gasteiger partial charge in [0.25, 0.3) is 0 Å². The number of amides is 2. The summed E-state index contributed by atoms with van der Waals surface area (Å²) in [6, 6.07) is 17.0. The van der Waals surface area contributed by atoms with Gasteiger partial charge in [-0.3, -0.25) is 14.5 Å². The third kappa shape index (κ3) is 4.64. The van der Waals surface area contributed by atoms with E-state index in [1.165, 1.54) is 11.8 Å². The van der Waals surface area contributed by atoms with Crippen molar-refractivity contribution in [3.8, 4) is 0 Å². The molecule has 1 saturated heterocycles. The molecule has 5 nitrogen and oxygen atoms in total. The molecule has 3 rings (SSSR count). The SMILES string of the molecule is CCN1C(=O)[C@@H](CC(=O)Nc2ccccc2)SC1=Nc1ccc(I)cc1. The van der Waals surface area contributed by atoms with Crippen LogP contribution in [0.2, 0.25) is 0 Å². The molecule has 1 aliphatic heterocycles. The minimum atomic E-state index is -0.443. The van der Waals surface area contributed by atoms with Crippen LogP contribution in [0.1, 0.15) is 13.3 Å². The molecule has 134 valence electrons. The third-order valence-electron chi connectivity index (χ3n) is 3.82.